The van der Waals surface area contributed by atoms with E-state index in [0.717, 1.165) is 6.07 Å². The van der Waals surface area contributed by atoms with E-state index >= 15 is 0 Å². The summed E-state index contributed by atoms with van der Waals surface area (Å²) in [5.74, 6) is -0.736. The Labute approximate surface area is 184 Å². The molecule has 0 saturated heterocycles. The normalized spacial score (nSPS) is 12.1. The number of aromatic nitrogens is 2. The van der Waals surface area contributed by atoms with E-state index in [2.05, 4.69) is 9.97 Å². The Kier molecular flexibility index (Phi) is 5.38. The molecule has 0 bridgehead atoms. The Morgan fingerprint density at radius 1 is 1.23 bits per heavy atom. The highest BCUT2D eigenvalue weighted by Crippen LogP contribution is 2.41. The molecule has 0 fully saturated rings. The number of anilines is 1. The first-order valence-corrected chi connectivity index (χ1v) is 9.60. The van der Waals surface area contributed by atoms with Crippen LogP contribution in [0.25, 0.3) is 22.1 Å². The Bertz CT molecular complexity index is 1310. The fraction of sp³-hybridized carbons (Fsp3) is 0.100. The van der Waals surface area contributed by atoms with Gasteiger partial charge in [0.1, 0.15) is 24.4 Å². The first-order valence-electron chi connectivity index (χ1n) is 8.84. The van der Waals surface area contributed by atoms with Crippen LogP contribution in [0.2, 0.25) is 10.0 Å². The molecule has 0 saturated carbocycles. The molecule has 0 aliphatic heterocycles. The topological polar surface area (TPSA) is 117 Å². The van der Waals surface area contributed by atoms with Crippen LogP contribution in [0.3, 0.4) is 0 Å². The number of halogens is 3. The lowest BCUT2D eigenvalue weighted by atomic mass is 10.1. The Balaban J connectivity index is 1.75. The van der Waals surface area contributed by atoms with E-state index in [0.29, 0.717) is 16.5 Å². The van der Waals surface area contributed by atoms with Gasteiger partial charge >= 0.3 is 5.82 Å². The van der Waals surface area contributed by atoms with Crippen LogP contribution in [0.15, 0.2) is 47.3 Å². The Hall–Kier alpha value is -3.43. The smallest absolute Gasteiger partial charge is 0.363 e. The van der Waals surface area contributed by atoms with Gasteiger partial charge in [-0.25, -0.2) is 9.37 Å². The highest BCUT2D eigenvalue weighted by Gasteiger charge is 2.23. The number of ether oxygens (including phenoxy) is 1. The molecule has 31 heavy (non-hydrogen) atoms. The van der Waals surface area contributed by atoms with E-state index in [1.807, 2.05) is 0 Å². The third-order valence-corrected chi connectivity index (χ3v) is 5.34. The standard InChI is InChI=1S/C20H13Cl2FN4O4/c1-9(16-13(21)3-4-14(23)17(16)22)31-19-18-11(7-26-20(19)24)12(8-30-18)10-2-5-15(25-6-10)27(28)29/h2-9H,1H3,(H2,24,26). The van der Waals surface area contributed by atoms with Crippen molar-refractivity contribution >= 4 is 45.8 Å². The quantitative estimate of drug-likeness (QED) is 0.220. The highest BCUT2D eigenvalue weighted by atomic mass is 35.5. The average molecular weight is 463 g/mol. The second-order valence-electron chi connectivity index (χ2n) is 6.54. The van der Waals surface area contributed by atoms with E-state index in [-0.39, 0.29) is 38.6 Å². The van der Waals surface area contributed by atoms with Crippen molar-refractivity contribution in [3.63, 3.8) is 0 Å². The number of nitrogens with two attached hydrogens (primary N) is 1. The number of hydrogen-bond acceptors (Lipinski definition) is 7. The van der Waals surface area contributed by atoms with Gasteiger partial charge in [-0.2, -0.15) is 0 Å². The van der Waals surface area contributed by atoms with Gasteiger partial charge in [-0.05, 0) is 35.0 Å². The van der Waals surface area contributed by atoms with Gasteiger partial charge in [0.05, 0.1) is 10.4 Å². The number of benzene rings is 1. The van der Waals surface area contributed by atoms with Crippen LogP contribution in [0.4, 0.5) is 16.0 Å². The second-order valence-corrected chi connectivity index (χ2v) is 7.33. The van der Waals surface area contributed by atoms with Crippen molar-refractivity contribution in [2.75, 3.05) is 5.73 Å². The minimum atomic E-state index is -0.778. The molecule has 4 rings (SSSR count). The summed E-state index contributed by atoms with van der Waals surface area (Å²) in [6, 6.07) is 5.37. The van der Waals surface area contributed by atoms with Crippen LogP contribution >= 0.6 is 23.2 Å². The molecule has 1 unspecified atom stereocenters. The number of rotatable bonds is 5. The van der Waals surface area contributed by atoms with Crippen molar-refractivity contribution in [2.24, 2.45) is 0 Å². The van der Waals surface area contributed by atoms with Gasteiger partial charge in [0.2, 0.25) is 5.75 Å². The molecular formula is C20H13Cl2FN4O4. The molecule has 0 radical (unpaired) electrons. The average Bonchev–Trinajstić information content (AvgIpc) is 3.17. The van der Waals surface area contributed by atoms with E-state index in [9.17, 15) is 14.5 Å². The number of nitrogen functional groups attached to an aromatic ring is 1. The summed E-state index contributed by atoms with van der Waals surface area (Å²) in [4.78, 5) is 18.2. The van der Waals surface area contributed by atoms with Gasteiger partial charge < -0.3 is 25.0 Å². The van der Waals surface area contributed by atoms with E-state index in [4.69, 9.17) is 38.1 Å². The molecule has 2 N–H and O–H groups in total. The zero-order chi connectivity index (χ0) is 22.3. The number of nitro groups is 1. The molecule has 3 aromatic heterocycles. The summed E-state index contributed by atoms with van der Waals surface area (Å²) < 4.78 is 25.5. The lowest BCUT2D eigenvalue weighted by molar-refractivity contribution is -0.389. The molecule has 11 heteroatoms. The molecule has 158 valence electrons. The van der Waals surface area contributed by atoms with Gasteiger partial charge in [-0.15, -0.1) is 0 Å². The number of furan rings is 1. The molecule has 0 aliphatic carbocycles. The van der Waals surface area contributed by atoms with Crippen LogP contribution < -0.4 is 10.5 Å². The predicted octanol–water partition coefficient (Wildman–Crippen LogP) is 5.97. The summed E-state index contributed by atoms with van der Waals surface area (Å²) in [5.41, 5.74) is 7.70. The van der Waals surface area contributed by atoms with Gasteiger partial charge in [0.25, 0.3) is 0 Å². The minimum absolute atomic E-state index is 0.0470. The molecule has 1 atom stereocenters. The molecule has 0 aliphatic rings. The van der Waals surface area contributed by atoms with Gasteiger partial charge in [0, 0.05) is 34.0 Å². The second kappa shape index (κ2) is 8.01. The van der Waals surface area contributed by atoms with Crippen molar-refractivity contribution < 1.29 is 18.5 Å². The molecular weight excluding hydrogens is 450 g/mol. The molecule has 3 heterocycles. The highest BCUT2D eigenvalue weighted by molar-refractivity contribution is 6.36. The summed E-state index contributed by atoms with van der Waals surface area (Å²) in [5, 5.41) is 11.4. The van der Waals surface area contributed by atoms with E-state index < -0.39 is 16.8 Å². The zero-order valence-electron chi connectivity index (χ0n) is 15.8. The number of hydrogen-bond donors (Lipinski definition) is 1. The van der Waals surface area contributed by atoms with Gasteiger partial charge in [-0.1, -0.05) is 23.2 Å². The largest absolute Gasteiger partial charge is 0.478 e. The first-order chi connectivity index (χ1) is 14.8. The monoisotopic (exact) mass is 462 g/mol. The molecule has 0 spiro atoms. The van der Waals surface area contributed by atoms with Crippen LogP contribution in [0.5, 0.6) is 5.75 Å². The maximum absolute atomic E-state index is 13.9. The van der Waals surface area contributed by atoms with E-state index in [1.165, 1.54) is 30.8 Å². The summed E-state index contributed by atoms with van der Waals surface area (Å²) >= 11 is 12.3. The number of pyridine rings is 2. The Morgan fingerprint density at radius 2 is 2.00 bits per heavy atom. The zero-order valence-corrected chi connectivity index (χ0v) is 17.3. The fourth-order valence-electron chi connectivity index (χ4n) is 3.12. The van der Waals surface area contributed by atoms with Crippen LogP contribution in [0.1, 0.15) is 18.6 Å². The van der Waals surface area contributed by atoms with Crippen molar-refractivity contribution in [2.45, 2.75) is 13.0 Å². The fourth-order valence-corrected chi connectivity index (χ4v) is 3.80. The maximum Gasteiger partial charge on any atom is 0.363 e. The number of nitrogens with zero attached hydrogens (tertiary/aromatic N) is 3. The Morgan fingerprint density at radius 3 is 2.68 bits per heavy atom. The third kappa shape index (κ3) is 3.73. The maximum atomic E-state index is 13.9. The van der Waals surface area contributed by atoms with Gasteiger partial charge in [0.15, 0.2) is 11.4 Å². The lowest BCUT2D eigenvalue weighted by Gasteiger charge is -2.18. The summed E-state index contributed by atoms with van der Waals surface area (Å²) in [7, 11) is 0. The van der Waals surface area contributed by atoms with Crippen LogP contribution in [-0.4, -0.2) is 14.9 Å². The van der Waals surface area contributed by atoms with E-state index in [1.54, 1.807) is 13.0 Å². The first kappa shape index (κ1) is 20.8. The van der Waals surface area contributed by atoms with Crippen molar-refractivity contribution in [1.29, 1.82) is 0 Å². The summed E-state index contributed by atoms with van der Waals surface area (Å²) in [6.07, 6.45) is 3.51. The van der Waals surface area contributed by atoms with Crippen molar-refractivity contribution in [1.82, 2.24) is 9.97 Å². The minimum Gasteiger partial charge on any atom is -0.478 e. The van der Waals surface area contributed by atoms with Crippen LogP contribution in [0, 0.1) is 15.9 Å². The molecule has 1 aromatic carbocycles. The van der Waals surface area contributed by atoms with Crippen molar-refractivity contribution in [3.8, 4) is 16.9 Å². The van der Waals surface area contributed by atoms with Gasteiger partial charge in [-0.3, -0.25) is 0 Å². The SMILES string of the molecule is CC(Oc1c(N)ncc2c(-c3ccc([N+](=O)[O-])nc3)coc12)c1c(Cl)ccc(F)c1Cl. The lowest BCUT2D eigenvalue weighted by Crippen LogP contribution is -2.08. The number of fused-ring (bicyclic) bond motifs is 1. The predicted molar refractivity (Wildman–Crippen MR) is 114 cm³/mol. The molecule has 8 nitrogen and oxygen atoms in total. The molecule has 0 amide bonds. The summed E-state index contributed by atoms with van der Waals surface area (Å²) in [6.45, 7) is 1.63. The van der Waals surface area contributed by atoms with Crippen LogP contribution in [-0.2, 0) is 0 Å². The third-order valence-electron chi connectivity index (χ3n) is 4.63. The van der Waals surface area contributed by atoms with Crippen molar-refractivity contribution in [3.05, 3.63) is 74.5 Å². The molecule has 4 aromatic rings.